The van der Waals surface area contributed by atoms with E-state index in [1.54, 1.807) is 5.57 Å². The number of rotatable bonds is 0. The largest absolute Gasteiger partial charge is 0.297 e. The Morgan fingerprint density at radius 3 is 3.30 bits per heavy atom. The molecule has 0 bridgehead atoms. The summed E-state index contributed by atoms with van der Waals surface area (Å²) >= 11 is 0. The number of hydrogen-bond donors (Lipinski definition) is 0. The molecular formula is C9H15N. The molecule has 0 spiro atoms. The third-order valence-electron chi connectivity index (χ3n) is 2.68. The predicted molar refractivity (Wildman–Crippen MR) is 43.0 cm³/mol. The van der Waals surface area contributed by atoms with Crippen LogP contribution in [-0.4, -0.2) is 24.0 Å². The lowest BCUT2D eigenvalue weighted by molar-refractivity contribution is 0.279. The molecule has 2 rings (SSSR count). The summed E-state index contributed by atoms with van der Waals surface area (Å²) in [6, 6.07) is 0.814. The van der Waals surface area contributed by atoms with E-state index < -0.39 is 0 Å². The minimum atomic E-state index is 0.814. The maximum absolute atomic E-state index is 2.60. The normalized spacial score (nSPS) is 33.7. The third kappa shape index (κ3) is 0.988. The fourth-order valence-electron chi connectivity index (χ4n) is 2.05. The Labute approximate surface area is 62.7 Å². The zero-order chi connectivity index (χ0) is 6.97. The Morgan fingerprint density at radius 1 is 1.50 bits per heavy atom. The molecule has 1 saturated heterocycles. The van der Waals surface area contributed by atoms with Crippen molar-refractivity contribution in [3.8, 4) is 0 Å². The first-order valence-electron chi connectivity index (χ1n) is 4.27. The quantitative estimate of drug-likeness (QED) is 0.460. The van der Waals surface area contributed by atoms with Gasteiger partial charge in [0.2, 0.25) is 0 Å². The molecule has 0 radical (unpaired) electrons. The van der Waals surface area contributed by atoms with E-state index in [0.717, 1.165) is 6.04 Å². The second-order valence-corrected chi connectivity index (χ2v) is 3.51. The van der Waals surface area contributed by atoms with Crippen LogP contribution in [0, 0.1) is 0 Å². The molecule has 1 heteroatoms. The average molecular weight is 137 g/mol. The molecule has 56 valence electrons. The lowest BCUT2D eigenvalue weighted by Gasteiger charge is -2.26. The van der Waals surface area contributed by atoms with Crippen LogP contribution in [-0.2, 0) is 0 Å². The van der Waals surface area contributed by atoms with Gasteiger partial charge in [-0.2, -0.15) is 0 Å². The number of fused-ring (bicyclic) bond motifs is 1. The summed E-state index contributed by atoms with van der Waals surface area (Å²) < 4.78 is 0. The van der Waals surface area contributed by atoms with Crippen molar-refractivity contribution in [3.63, 3.8) is 0 Å². The Kier molecular flexibility index (Phi) is 1.53. The molecule has 2 heterocycles. The van der Waals surface area contributed by atoms with Crippen molar-refractivity contribution in [1.82, 2.24) is 4.90 Å². The Bertz CT molecular complexity index is 160. The van der Waals surface area contributed by atoms with E-state index in [-0.39, 0.29) is 0 Å². The second-order valence-electron chi connectivity index (χ2n) is 3.51. The highest BCUT2D eigenvalue weighted by Crippen LogP contribution is 2.24. The minimum Gasteiger partial charge on any atom is -0.297 e. The van der Waals surface area contributed by atoms with Crippen molar-refractivity contribution in [1.29, 1.82) is 0 Å². The Morgan fingerprint density at radius 2 is 2.40 bits per heavy atom. The van der Waals surface area contributed by atoms with Crippen LogP contribution in [0.3, 0.4) is 0 Å². The van der Waals surface area contributed by atoms with Gasteiger partial charge >= 0.3 is 0 Å². The fraction of sp³-hybridized carbons (Fsp3) is 0.778. The summed E-state index contributed by atoms with van der Waals surface area (Å²) in [7, 11) is 0. The van der Waals surface area contributed by atoms with Crippen molar-refractivity contribution in [3.05, 3.63) is 11.6 Å². The van der Waals surface area contributed by atoms with Crippen LogP contribution in [0.4, 0.5) is 0 Å². The van der Waals surface area contributed by atoms with Crippen molar-refractivity contribution >= 4 is 0 Å². The highest BCUT2D eigenvalue weighted by molar-refractivity contribution is 5.10. The van der Waals surface area contributed by atoms with Gasteiger partial charge in [-0.3, -0.25) is 4.90 Å². The summed E-state index contributed by atoms with van der Waals surface area (Å²) in [4.78, 5) is 2.60. The molecule has 0 aromatic heterocycles. The summed E-state index contributed by atoms with van der Waals surface area (Å²) in [5.74, 6) is 0. The van der Waals surface area contributed by atoms with Gasteiger partial charge in [-0.15, -0.1) is 0 Å². The van der Waals surface area contributed by atoms with E-state index in [1.807, 2.05) is 0 Å². The van der Waals surface area contributed by atoms with E-state index >= 15 is 0 Å². The summed E-state index contributed by atoms with van der Waals surface area (Å²) in [6.07, 6.45) is 6.57. The first-order chi connectivity index (χ1) is 4.86. The van der Waals surface area contributed by atoms with E-state index in [2.05, 4.69) is 17.9 Å². The molecule has 1 atom stereocenters. The smallest absolute Gasteiger partial charge is 0.0281 e. The molecule has 2 aliphatic heterocycles. The number of nitrogens with zero attached hydrogens (tertiary/aromatic N) is 1. The van der Waals surface area contributed by atoms with Crippen LogP contribution in [0.5, 0.6) is 0 Å². The van der Waals surface area contributed by atoms with Crippen LogP contribution in [0.1, 0.15) is 26.2 Å². The van der Waals surface area contributed by atoms with Gasteiger partial charge in [0.1, 0.15) is 0 Å². The van der Waals surface area contributed by atoms with Crippen LogP contribution in [0.25, 0.3) is 0 Å². The summed E-state index contributed by atoms with van der Waals surface area (Å²) in [6.45, 7) is 4.91. The van der Waals surface area contributed by atoms with E-state index in [1.165, 1.54) is 32.4 Å². The van der Waals surface area contributed by atoms with Crippen molar-refractivity contribution in [2.45, 2.75) is 32.2 Å². The van der Waals surface area contributed by atoms with Crippen LogP contribution < -0.4 is 0 Å². The van der Waals surface area contributed by atoms with Crippen LogP contribution in [0.15, 0.2) is 11.6 Å². The zero-order valence-corrected chi connectivity index (χ0v) is 6.64. The minimum absolute atomic E-state index is 0.814. The second kappa shape index (κ2) is 2.39. The van der Waals surface area contributed by atoms with E-state index in [9.17, 15) is 0 Å². The average Bonchev–Trinajstić information content (AvgIpc) is 2.33. The molecule has 0 amide bonds. The first kappa shape index (κ1) is 6.41. The molecule has 10 heavy (non-hydrogen) atoms. The van der Waals surface area contributed by atoms with Gasteiger partial charge in [0.25, 0.3) is 0 Å². The van der Waals surface area contributed by atoms with Crippen molar-refractivity contribution in [2.24, 2.45) is 0 Å². The molecule has 1 nitrogen and oxygen atoms in total. The van der Waals surface area contributed by atoms with Gasteiger partial charge in [-0.05, 0) is 32.7 Å². The SMILES string of the molecule is CC1=CC2CCCN2CC1. The van der Waals surface area contributed by atoms with Crippen molar-refractivity contribution < 1.29 is 0 Å². The van der Waals surface area contributed by atoms with Crippen molar-refractivity contribution in [2.75, 3.05) is 13.1 Å². The highest BCUT2D eigenvalue weighted by Gasteiger charge is 2.24. The molecule has 0 N–H and O–H groups in total. The standard InChI is InChI=1S/C9H15N/c1-8-4-6-10-5-2-3-9(10)7-8/h7,9H,2-6H2,1H3. The molecule has 1 unspecified atom stereocenters. The Hall–Kier alpha value is -0.300. The van der Waals surface area contributed by atoms with Gasteiger partial charge < -0.3 is 0 Å². The zero-order valence-electron chi connectivity index (χ0n) is 6.64. The monoisotopic (exact) mass is 137 g/mol. The topological polar surface area (TPSA) is 3.24 Å². The maximum atomic E-state index is 2.60. The lowest BCUT2D eigenvalue weighted by atomic mass is 10.0. The molecular weight excluding hydrogens is 122 g/mol. The molecule has 0 aliphatic carbocycles. The van der Waals surface area contributed by atoms with Gasteiger partial charge in [0.15, 0.2) is 0 Å². The lowest BCUT2D eigenvalue weighted by Crippen LogP contribution is -2.32. The predicted octanol–water partition coefficient (Wildman–Crippen LogP) is 1.80. The van der Waals surface area contributed by atoms with Gasteiger partial charge in [0.05, 0.1) is 0 Å². The first-order valence-corrected chi connectivity index (χ1v) is 4.27. The van der Waals surface area contributed by atoms with E-state index in [0.29, 0.717) is 0 Å². The van der Waals surface area contributed by atoms with E-state index in [4.69, 9.17) is 0 Å². The summed E-state index contributed by atoms with van der Waals surface area (Å²) in [5.41, 5.74) is 1.60. The highest BCUT2D eigenvalue weighted by atomic mass is 15.2. The molecule has 0 saturated carbocycles. The molecule has 1 fully saturated rings. The maximum Gasteiger partial charge on any atom is 0.0281 e. The van der Waals surface area contributed by atoms with Crippen LogP contribution >= 0.6 is 0 Å². The Balaban J connectivity index is 2.13. The number of hydrogen-bond acceptors (Lipinski definition) is 1. The molecule has 0 aromatic rings. The fourth-order valence-corrected chi connectivity index (χ4v) is 2.05. The van der Waals surface area contributed by atoms with Crippen LogP contribution in [0.2, 0.25) is 0 Å². The van der Waals surface area contributed by atoms with Gasteiger partial charge in [-0.1, -0.05) is 11.6 Å². The molecule has 0 aromatic carbocycles. The summed E-state index contributed by atoms with van der Waals surface area (Å²) in [5, 5.41) is 0. The third-order valence-corrected chi connectivity index (χ3v) is 2.68. The van der Waals surface area contributed by atoms with Gasteiger partial charge in [0, 0.05) is 12.6 Å². The molecule has 2 aliphatic rings. The van der Waals surface area contributed by atoms with Gasteiger partial charge in [-0.25, -0.2) is 0 Å².